The lowest BCUT2D eigenvalue weighted by Crippen LogP contribution is -3.11. The molecule has 0 saturated carbocycles. The fourth-order valence-corrected chi connectivity index (χ4v) is 4.10. The second-order valence-corrected chi connectivity index (χ2v) is 6.96. The van der Waals surface area contributed by atoms with E-state index < -0.39 is 0 Å². The zero-order valence-corrected chi connectivity index (χ0v) is 16.1. The van der Waals surface area contributed by atoms with Gasteiger partial charge in [0, 0.05) is 23.5 Å². The Morgan fingerprint density at radius 3 is 2.52 bits per heavy atom. The van der Waals surface area contributed by atoms with E-state index in [1.807, 2.05) is 0 Å². The van der Waals surface area contributed by atoms with Gasteiger partial charge in [0.1, 0.15) is 11.7 Å². The van der Waals surface area contributed by atoms with Crippen LogP contribution in [0.3, 0.4) is 0 Å². The Labute approximate surface area is 162 Å². The van der Waals surface area contributed by atoms with Crippen LogP contribution < -0.4 is 9.80 Å². The SMILES string of the molecule is CCN1C(=CC=CC2C=Cc3ccccc3[NH+]2CC)C=Cc2ccccc21. The van der Waals surface area contributed by atoms with Gasteiger partial charge >= 0.3 is 0 Å². The molecule has 1 N–H and O–H groups in total. The van der Waals surface area contributed by atoms with Crippen molar-refractivity contribution in [2.24, 2.45) is 0 Å². The van der Waals surface area contributed by atoms with Crippen molar-refractivity contribution >= 4 is 23.5 Å². The van der Waals surface area contributed by atoms with Crippen LogP contribution in [0.5, 0.6) is 0 Å². The Kier molecular flexibility index (Phi) is 5.08. The molecular weight excluding hydrogens is 328 g/mol. The van der Waals surface area contributed by atoms with Gasteiger partial charge in [-0.1, -0.05) is 42.5 Å². The zero-order chi connectivity index (χ0) is 18.6. The number of para-hydroxylation sites is 2. The molecular formula is C25H27N2+. The van der Waals surface area contributed by atoms with Crippen LogP contribution in [0.2, 0.25) is 0 Å². The number of hydrogen-bond donors (Lipinski definition) is 1. The van der Waals surface area contributed by atoms with E-state index >= 15 is 0 Å². The first-order valence-corrected chi connectivity index (χ1v) is 9.88. The van der Waals surface area contributed by atoms with Gasteiger partial charge in [-0.05, 0) is 68.0 Å². The average Bonchev–Trinajstić information content (AvgIpc) is 2.73. The minimum absolute atomic E-state index is 0.372. The molecule has 0 amide bonds. The van der Waals surface area contributed by atoms with E-state index in [0.29, 0.717) is 6.04 Å². The molecule has 2 nitrogen and oxygen atoms in total. The first-order valence-electron chi connectivity index (χ1n) is 9.88. The number of likely N-dealkylation sites (N-methyl/N-ethyl adjacent to an activating group) is 2. The number of anilines is 1. The highest BCUT2D eigenvalue weighted by molar-refractivity contribution is 5.76. The van der Waals surface area contributed by atoms with Gasteiger partial charge in [-0.3, -0.25) is 4.90 Å². The molecule has 0 saturated heterocycles. The fourth-order valence-electron chi connectivity index (χ4n) is 4.10. The van der Waals surface area contributed by atoms with E-state index in [1.54, 1.807) is 0 Å². The highest BCUT2D eigenvalue weighted by Crippen LogP contribution is 2.30. The van der Waals surface area contributed by atoms with Crippen molar-refractivity contribution < 1.29 is 4.90 Å². The zero-order valence-electron chi connectivity index (χ0n) is 16.1. The topological polar surface area (TPSA) is 7.68 Å². The summed E-state index contributed by atoms with van der Waals surface area (Å²) in [5, 5.41) is 0. The summed E-state index contributed by atoms with van der Waals surface area (Å²) in [5.74, 6) is 0. The van der Waals surface area contributed by atoms with E-state index in [0.717, 1.165) is 13.1 Å². The third kappa shape index (κ3) is 3.41. The van der Waals surface area contributed by atoms with Crippen LogP contribution >= 0.6 is 0 Å². The van der Waals surface area contributed by atoms with Gasteiger partial charge in [-0.15, -0.1) is 0 Å². The van der Waals surface area contributed by atoms with Crippen LogP contribution in [0.4, 0.5) is 11.4 Å². The molecule has 2 atom stereocenters. The summed E-state index contributed by atoms with van der Waals surface area (Å²) in [6.45, 7) is 6.49. The lowest BCUT2D eigenvalue weighted by molar-refractivity contribution is -0.844. The fraction of sp³-hybridized carbons (Fsp3) is 0.200. The number of quaternary nitrogens is 1. The Morgan fingerprint density at radius 2 is 1.70 bits per heavy atom. The van der Waals surface area contributed by atoms with Crippen molar-refractivity contribution in [2.45, 2.75) is 19.9 Å². The van der Waals surface area contributed by atoms with Crippen LogP contribution in [-0.4, -0.2) is 19.1 Å². The quantitative estimate of drug-likeness (QED) is 0.841. The highest BCUT2D eigenvalue weighted by atomic mass is 15.2. The molecule has 2 aliphatic heterocycles. The predicted molar refractivity (Wildman–Crippen MR) is 116 cm³/mol. The number of rotatable bonds is 4. The molecule has 0 bridgehead atoms. The van der Waals surface area contributed by atoms with E-state index in [-0.39, 0.29) is 0 Å². The van der Waals surface area contributed by atoms with Gasteiger partial charge in [0.05, 0.1) is 6.54 Å². The average molecular weight is 356 g/mol. The largest absolute Gasteiger partial charge is 0.341 e. The van der Waals surface area contributed by atoms with Crippen molar-refractivity contribution in [1.82, 2.24) is 0 Å². The highest BCUT2D eigenvalue weighted by Gasteiger charge is 2.23. The molecule has 136 valence electrons. The van der Waals surface area contributed by atoms with Gasteiger partial charge in [-0.25, -0.2) is 0 Å². The molecule has 2 heteroatoms. The van der Waals surface area contributed by atoms with E-state index in [2.05, 4.69) is 110 Å². The molecule has 0 spiro atoms. The molecule has 2 aromatic rings. The molecule has 4 rings (SSSR count). The smallest absolute Gasteiger partial charge is 0.139 e. The number of fused-ring (bicyclic) bond motifs is 2. The van der Waals surface area contributed by atoms with Crippen LogP contribution in [0.25, 0.3) is 12.2 Å². The number of nitrogens with zero attached hydrogens (tertiary/aromatic N) is 1. The molecule has 2 unspecified atom stereocenters. The van der Waals surface area contributed by atoms with Crippen molar-refractivity contribution in [1.29, 1.82) is 0 Å². The van der Waals surface area contributed by atoms with Gasteiger partial charge < -0.3 is 4.90 Å². The summed E-state index contributed by atoms with van der Waals surface area (Å²) in [6.07, 6.45) is 15.8. The van der Waals surface area contributed by atoms with Crippen LogP contribution in [0.15, 0.2) is 84.6 Å². The second-order valence-electron chi connectivity index (χ2n) is 6.96. The van der Waals surface area contributed by atoms with Gasteiger partial charge in [0.25, 0.3) is 0 Å². The van der Waals surface area contributed by atoms with Gasteiger partial charge in [0.2, 0.25) is 0 Å². The first kappa shape index (κ1) is 17.6. The molecule has 0 aliphatic carbocycles. The van der Waals surface area contributed by atoms with Gasteiger partial charge in [-0.2, -0.15) is 0 Å². The van der Waals surface area contributed by atoms with E-state index in [9.17, 15) is 0 Å². The van der Waals surface area contributed by atoms with Crippen molar-refractivity contribution in [3.8, 4) is 0 Å². The minimum Gasteiger partial charge on any atom is -0.341 e. The Morgan fingerprint density at radius 1 is 0.926 bits per heavy atom. The number of benzene rings is 2. The number of hydrogen-bond acceptors (Lipinski definition) is 1. The van der Waals surface area contributed by atoms with E-state index in [4.69, 9.17) is 0 Å². The van der Waals surface area contributed by atoms with Crippen molar-refractivity contribution in [2.75, 3.05) is 18.0 Å². The maximum Gasteiger partial charge on any atom is 0.139 e. The number of nitrogens with one attached hydrogen (secondary N) is 1. The Balaban J connectivity index is 1.57. The summed E-state index contributed by atoms with van der Waals surface area (Å²) >= 11 is 0. The van der Waals surface area contributed by atoms with E-state index in [1.165, 1.54) is 33.1 Å². The van der Waals surface area contributed by atoms with Crippen molar-refractivity contribution in [3.05, 3.63) is 95.7 Å². The standard InChI is InChI=1S/C25H26N2/c1-3-26-22(18-16-20-10-5-7-14-24(20)26)12-9-13-23-19-17-21-11-6-8-15-25(21)27(23)4-2/h5-19,22H,3-4H2,1-2H3/p+1. The van der Waals surface area contributed by atoms with Crippen LogP contribution in [-0.2, 0) is 0 Å². The molecule has 0 fully saturated rings. The third-order valence-electron chi connectivity index (χ3n) is 5.45. The summed E-state index contributed by atoms with van der Waals surface area (Å²) in [7, 11) is 0. The third-order valence-corrected chi connectivity index (χ3v) is 5.45. The Hall–Kier alpha value is -2.84. The predicted octanol–water partition coefficient (Wildman–Crippen LogP) is 4.61. The number of allylic oxidation sites excluding steroid dienone is 3. The van der Waals surface area contributed by atoms with Crippen LogP contribution in [0.1, 0.15) is 25.0 Å². The molecule has 2 aromatic carbocycles. The summed E-state index contributed by atoms with van der Waals surface area (Å²) in [4.78, 5) is 3.87. The molecule has 0 aromatic heterocycles. The molecule has 0 radical (unpaired) electrons. The monoisotopic (exact) mass is 355 g/mol. The lowest BCUT2D eigenvalue weighted by atomic mass is 10.0. The minimum atomic E-state index is 0.372. The van der Waals surface area contributed by atoms with Crippen molar-refractivity contribution in [3.63, 3.8) is 0 Å². The molecule has 2 aliphatic rings. The maximum absolute atomic E-state index is 2.37. The van der Waals surface area contributed by atoms with Gasteiger partial charge in [0.15, 0.2) is 0 Å². The second kappa shape index (κ2) is 7.81. The summed E-state index contributed by atoms with van der Waals surface area (Å²) in [6, 6.07) is 17.7. The molecule has 2 heterocycles. The van der Waals surface area contributed by atoms with Crippen LogP contribution in [0, 0.1) is 0 Å². The maximum atomic E-state index is 2.37. The lowest BCUT2D eigenvalue weighted by Gasteiger charge is -2.29. The first-order chi connectivity index (χ1) is 13.3. The summed E-state index contributed by atoms with van der Waals surface area (Å²) in [5.41, 5.74) is 6.54. The molecule has 27 heavy (non-hydrogen) atoms. The normalized spacial score (nSPS) is 22.3. The summed E-state index contributed by atoms with van der Waals surface area (Å²) < 4.78 is 0. The Bertz CT molecular complexity index is 933.